The van der Waals surface area contributed by atoms with Crippen LogP contribution in [0, 0.1) is 0 Å². The Morgan fingerprint density at radius 1 is 0.806 bits per heavy atom. The first kappa shape index (κ1) is 19.0. The van der Waals surface area contributed by atoms with Gasteiger partial charge < -0.3 is 4.74 Å². The van der Waals surface area contributed by atoms with Gasteiger partial charge in [0.25, 0.3) is 5.56 Å². The number of rotatable bonds is 6. The lowest BCUT2D eigenvalue weighted by Crippen LogP contribution is -2.15. The Bertz CT molecular complexity index is 1360. The fraction of sp³-hybridized carbons (Fsp3) is 0.0769. The summed E-state index contributed by atoms with van der Waals surface area (Å²) in [5.74, 6) is 0. The predicted octanol–water partition coefficient (Wildman–Crippen LogP) is 5.03. The van der Waals surface area contributed by atoms with Crippen LogP contribution in [-0.4, -0.2) is 14.1 Å². The number of benzene rings is 3. The van der Waals surface area contributed by atoms with Crippen LogP contribution in [0.15, 0.2) is 108 Å². The maximum atomic E-state index is 12.7. The Hall–Kier alpha value is -3.96. The average molecular weight is 407 g/mol. The summed E-state index contributed by atoms with van der Waals surface area (Å²) in [6.07, 6.45) is 1.56. The van der Waals surface area contributed by atoms with E-state index in [9.17, 15) is 4.79 Å². The van der Waals surface area contributed by atoms with Crippen LogP contribution in [0.5, 0.6) is 0 Å². The van der Waals surface area contributed by atoms with E-state index in [1.807, 2.05) is 102 Å². The van der Waals surface area contributed by atoms with E-state index in [2.05, 4.69) is 9.55 Å². The third-order valence-corrected chi connectivity index (χ3v) is 5.22. The molecule has 0 bridgehead atoms. The maximum absolute atomic E-state index is 12.7. The monoisotopic (exact) mass is 407 g/mol. The molecule has 5 nitrogen and oxygen atoms in total. The maximum Gasteiger partial charge on any atom is 0.282 e. The number of hydrogen-bond acceptors (Lipinski definition) is 3. The summed E-state index contributed by atoms with van der Waals surface area (Å²) in [5, 5.41) is 0.563. The van der Waals surface area contributed by atoms with E-state index in [0.29, 0.717) is 12.0 Å². The van der Waals surface area contributed by atoms with E-state index in [-0.39, 0.29) is 12.3 Å². The second-order valence-corrected chi connectivity index (χ2v) is 7.29. The lowest BCUT2D eigenvalue weighted by Gasteiger charge is -2.15. The minimum absolute atomic E-state index is 0.249. The van der Waals surface area contributed by atoms with Crippen molar-refractivity contribution in [2.24, 2.45) is 0 Å². The molecule has 5 rings (SSSR count). The topological polar surface area (TPSA) is 49.1 Å². The van der Waals surface area contributed by atoms with Crippen LogP contribution >= 0.6 is 0 Å². The van der Waals surface area contributed by atoms with Gasteiger partial charge >= 0.3 is 0 Å². The molecule has 0 aliphatic rings. The molecule has 2 heterocycles. The van der Waals surface area contributed by atoms with Crippen molar-refractivity contribution in [3.8, 4) is 16.9 Å². The lowest BCUT2D eigenvalue weighted by molar-refractivity contribution is 0.0653. The van der Waals surface area contributed by atoms with Gasteiger partial charge in [0.05, 0.1) is 17.7 Å². The highest BCUT2D eigenvalue weighted by Gasteiger charge is 2.17. The van der Waals surface area contributed by atoms with E-state index < -0.39 is 0 Å². The molecular weight excluding hydrogens is 386 g/mol. The van der Waals surface area contributed by atoms with E-state index in [1.54, 1.807) is 6.33 Å². The van der Waals surface area contributed by atoms with Crippen LogP contribution in [0.1, 0.15) is 5.56 Å². The second kappa shape index (κ2) is 8.42. The van der Waals surface area contributed by atoms with E-state index in [0.717, 1.165) is 28.2 Å². The minimum Gasteiger partial charge on any atom is -0.356 e. The Labute approximate surface area is 179 Å². The first-order valence-corrected chi connectivity index (χ1v) is 10.1. The summed E-state index contributed by atoms with van der Waals surface area (Å²) in [6.45, 7) is 0.760. The highest BCUT2D eigenvalue weighted by atomic mass is 16.5. The first-order valence-electron chi connectivity index (χ1n) is 10.1. The molecule has 0 saturated carbocycles. The third kappa shape index (κ3) is 3.79. The normalized spacial score (nSPS) is 11.1. The van der Waals surface area contributed by atoms with Gasteiger partial charge in [-0.3, -0.25) is 13.9 Å². The van der Waals surface area contributed by atoms with Crippen molar-refractivity contribution in [3.05, 3.63) is 119 Å². The largest absolute Gasteiger partial charge is 0.356 e. The molecule has 2 aromatic heterocycles. The van der Waals surface area contributed by atoms with Gasteiger partial charge in [-0.1, -0.05) is 78.9 Å². The number of ether oxygens (including phenoxy) is 1. The fourth-order valence-corrected chi connectivity index (χ4v) is 3.78. The molecule has 0 unspecified atom stereocenters. The molecule has 0 saturated heterocycles. The zero-order valence-corrected chi connectivity index (χ0v) is 16.9. The SMILES string of the molecule is O=c1ncn(COCc2ccccc2)c2c1cc(-c1ccccc1)n2-c1ccccc1. The Morgan fingerprint density at radius 2 is 1.45 bits per heavy atom. The van der Waals surface area contributed by atoms with E-state index in [4.69, 9.17) is 4.74 Å². The smallest absolute Gasteiger partial charge is 0.282 e. The van der Waals surface area contributed by atoms with E-state index >= 15 is 0 Å². The van der Waals surface area contributed by atoms with Gasteiger partial charge in [-0.25, -0.2) is 0 Å². The minimum atomic E-state index is -0.249. The summed E-state index contributed by atoms with van der Waals surface area (Å²) < 4.78 is 9.95. The molecule has 0 fully saturated rings. The van der Waals surface area contributed by atoms with Crippen molar-refractivity contribution < 1.29 is 4.74 Å². The lowest BCUT2D eigenvalue weighted by atomic mass is 10.1. The van der Waals surface area contributed by atoms with Crippen LogP contribution in [0.4, 0.5) is 0 Å². The molecule has 0 aliphatic heterocycles. The molecule has 0 radical (unpaired) electrons. The highest BCUT2D eigenvalue weighted by molar-refractivity contribution is 5.86. The highest BCUT2D eigenvalue weighted by Crippen LogP contribution is 2.30. The predicted molar refractivity (Wildman–Crippen MR) is 122 cm³/mol. The van der Waals surface area contributed by atoms with Gasteiger partial charge in [-0.15, -0.1) is 0 Å². The number of fused-ring (bicyclic) bond motifs is 1. The van der Waals surface area contributed by atoms with Crippen LogP contribution in [0.25, 0.3) is 28.0 Å². The molecule has 5 heteroatoms. The van der Waals surface area contributed by atoms with Gasteiger partial charge in [0, 0.05) is 5.69 Å². The molecule has 3 aromatic carbocycles. The quantitative estimate of drug-likeness (QED) is 0.397. The fourth-order valence-electron chi connectivity index (χ4n) is 3.78. The third-order valence-electron chi connectivity index (χ3n) is 5.22. The van der Waals surface area contributed by atoms with E-state index in [1.165, 1.54) is 0 Å². The molecule has 152 valence electrons. The molecule has 5 aromatic rings. The second-order valence-electron chi connectivity index (χ2n) is 7.29. The van der Waals surface area contributed by atoms with Crippen molar-refractivity contribution >= 4 is 11.0 Å². The zero-order valence-electron chi connectivity index (χ0n) is 16.9. The number of nitrogens with zero attached hydrogens (tertiary/aromatic N) is 3. The first-order chi connectivity index (χ1) is 15.3. The van der Waals surface area contributed by atoms with Crippen molar-refractivity contribution in [2.75, 3.05) is 0 Å². The van der Waals surface area contributed by atoms with Crippen LogP contribution in [-0.2, 0) is 18.1 Å². The van der Waals surface area contributed by atoms with Gasteiger partial charge in [0.1, 0.15) is 18.7 Å². The Balaban J connectivity index is 1.64. The molecule has 0 amide bonds. The van der Waals surface area contributed by atoms with Crippen molar-refractivity contribution in [2.45, 2.75) is 13.3 Å². The summed E-state index contributed by atoms with van der Waals surface area (Å²) in [6, 6.07) is 32.0. The molecule has 0 aliphatic carbocycles. The summed E-state index contributed by atoms with van der Waals surface area (Å²) in [5.41, 5.74) is 4.54. The van der Waals surface area contributed by atoms with Gasteiger partial charge in [0.2, 0.25) is 0 Å². The molecule has 0 N–H and O–H groups in total. The Kier molecular flexibility index (Phi) is 5.17. The summed E-state index contributed by atoms with van der Waals surface area (Å²) >= 11 is 0. The summed E-state index contributed by atoms with van der Waals surface area (Å²) in [7, 11) is 0. The van der Waals surface area contributed by atoms with Crippen molar-refractivity contribution in [1.82, 2.24) is 14.1 Å². The van der Waals surface area contributed by atoms with Gasteiger partial charge in [-0.2, -0.15) is 4.98 Å². The molecule has 0 spiro atoms. The number of hydrogen-bond donors (Lipinski definition) is 0. The zero-order chi connectivity index (χ0) is 21.0. The van der Waals surface area contributed by atoms with Gasteiger partial charge in [-0.05, 0) is 29.3 Å². The van der Waals surface area contributed by atoms with Crippen LogP contribution in [0.3, 0.4) is 0 Å². The van der Waals surface area contributed by atoms with Crippen LogP contribution in [0.2, 0.25) is 0 Å². The average Bonchev–Trinajstić information content (AvgIpc) is 3.24. The molecule has 0 atom stereocenters. The number of para-hydroxylation sites is 1. The molecular formula is C26H21N3O2. The standard InChI is InChI=1S/C26H21N3O2/c30-25-23-16-24(21-12-6-2-7-13-21)29(22-14-8-3-9-15-22)26(23)28(18-27-25)19-31-17-20-10-4-1-5-11-20/h1-16,18H,17,19H2. The van der Waals surface area contributed by atoms with Crippen molar-refractivity contribution in [3.63, 3.8) is 0 Å². The summed E-state index contributed by atoms with van der Waals surface area (Å²) in [4.78, 5) is 16.8. The Morgan fingerprint density at radius 3 is 2.16 bits per heavy atom. The van der Waals surface area contributed by atoms with Gasteiger partial charge in [0.15, 0.2) is 0 Å². The molecule has 31 heavy (non-hydrogen) atoms. The van der Waals surface area contributed by atoms with Crippen molar-refractivity contribution in [1.29, 1.82) is 0 Å². The number of aromatic nitrogens is 3. The van der Waals surface area contributed by atoms with Crippen LogP contribution < -0.4 is 5.56 Å².